The lowest BCUT2D eigenvalue weighted by atomic mass is 10.1. The molecule has 0 saturated carbocycles. The van der Waals surface area contributed by atoms with Crippen LogP contribution in [-0.2, 0) is 4.74 Å². The number of rotatable bonds is 2. The molecule has 1 aromatic heterocycles. The molecule has 0 radical (unpaired) electrons. The van der Waals surface area contributed by atoms with Gasteiger partial charge in [0.15, 0.2) is 0 Å². The highest BCUT2D eigenvalue weighted by Gasteiger charge is 2.11. The van der Waals surface area contributed by atoms with Crippen molar-refractivity contribution in [2.75, 3.05) is 6.61 Å². The number of nitrogens with zero attached hydrogens (tertiary/aromatic N) is 1. The molecule has 0 amide bonds. The van der Waals surface area contributed by atoms with E-state index >= 15 is 0 Å². The van der Waals surface area contributed by atoms with E-state index in [4.69, 9.17) is 16.3 Å². The topological polar surface area (TPSA) is 55.0 Å². The van der Waals surface area contributed by atoms with Crippen molar-refractivity contribution < 1.29 is 9.53 Å². The van der Waals surface area contributed by atoms with Gasteiger partial charge in [0.2, 0.25) is 5.28 Å². The minimum absolute atomic E-state index is 0.319. The van der Waals surface area contributed by atoms with E-state index in [9.17, 15) is 4.79 Å². The SMILES string of the molecule is CCOC(=O)c1cc(C)c2nc(Cl)[nH]c2c1. The average Bonchev–Trinajstić information content (AvgIpc) is 2.59. The Labute approximate surface area is 97.6 Å². The van der Waals surface area contributed by atoms with Gasteiger partial charge in [0.25, 0.3) is 0 Å². The van der Waals surface area contributed by atoms with E-state index < -0.39 is 0 Å². The number of aromatic amines is 1. The highest BCUT2D eigenvalue weighted by atomic mass is 35.5. The first-order valence-electron chi connectivity index (χ1n) is 4.94. The molecule has 1 aromatic carbocycles. The normalized spacial score (nSPS) is 10.7. The largest absolute Gasteiger partial charge is 0.462 e. The van der Waals surface area contributed by atoms with Crippen molar-refractivity contribution in [3.63, 3.8) is 0 Å². The highest BCUT2D eigenvalue weighted by molar-refractivity contribution is 6.29. The van der Waals surface area contributed by atoms with E-state index in [1.807, 2.05) is 6.92 Å². The van der Waals surface area contributed by atoms with Gasteiger partial charge in [-0.25, -0.2) is 9.78 Å². The molecule has 5 heteroatoms. The summed E-state index contributed by atoms with van der Waals surface area (Å²) in [7, 11) is 0. The Morgan fingerprint density at radius 3 is 3.00 bits per heavy atom. The molecule has 0 atom stereocenters. The Morgan fingerprint density at radius 1 is 1.56 bits per heavy atom. The number of hydrogen-bond acceptors (Lipinski definition) is 3. The Balaban J connectivity index is 2.53. The summed E-state index contributed by atoms with van der Waals surface area (Å²) >= 11 is 5.77. The van der Waals surface area contributed by atoms with Gasteiger partial charge < -0.3 is 9.72 Å². The third-order valence-electron chi connectivity index (χ3n) is 2.26. The van der Waals surface area contributed by atoms with Gasteiger partial charge in [-0.15, -0.1) is 0 Å². The summed E-state index contributed by atoms with van der Waals surface area (Å²) in [5, 5.41) is 0.319. The monoisotopic (exact) mass is 238 g/mol. The quantitative estimate of drug-likeness (QED) is 0.819. The van der Waals surface area contributed by atoms with Crippen molar-refractivity contribution in [1.82, 2.24) is 9.97 Å². The number of benzene rings is 1. The van der Waals surface area contributed by atoms with Crippen LogP contribution in [0.1, 0.15) is 22.8 Å². The smallest absolute Gasteiger partial charge is 0.338 e. The number of nitrogens with one attached hydrogen (secondary N) is 1. The van der Waals surface area contributed by atoms with Crippen molar-refractivity contribution >= 4 is 28.6 Å². The molecular weight excluding hydrogens is 228 g/mol. The summed E-state index contributed by atoms with van der Waals surface area (Å²) in [6.45, 7) is 4.01. The first-order valence-corrected chi connectivity index (χ1v) is 5.32. The van der Waals surface area contributed by atoms with Crippen molar-refractivity contribution in [3.8, 4) is 0 Å². The van der Waals surface area contributed by atoms with E-state index in [1.54, 1.807) is 19.1 Å². The van der Waals surface area contributed by atoms with Crippen LogP contribution >= 0.6 is 11.6 Å². The van der Waals surface area contributed by atoms with Crippen LogP contribution in [0, 0.1) is 6.92 Å². The molecule has 0 unspecified atom stereocenters. The Kier molecular flexibility index (Phi) is 2.83. The second-order valence-electron chi connectivity index (χ2n) is 3.44. The van der Waals surface area contributed by atoms with Gasteiger partial charge in [-0.2, -0.15) is 0 Å². The number of fused-ring (bicyclic) bond motifs is 1. The van der Waals surface area contributed by atoms with Crippen molar-refractivity contribution in [1.29, 1.82) is 0 Å². The molecule has 0 bridgehead atoms. The summed E-state index contributed by atoms with van der Waals surface area (Å²) < 4.78 is 4.93. The van der Waals surface area contributed by atoms with E-state index in [2.05, 4.69) is 9.97 Å². The fourth-order valence-corrected chi connectivity index (χ4v) is 1.78. The molecule has 1 N–H and O–H groups in total. The molecule has 2 rings (SSSR count). The lowest BCUT2D eigenvalue weighted by molar-refractivity contribution is 0.0526. The maximum Gasteiger partial charge on any atom is 0.338 e. The average molecular weight is 239 g/mol. The second kappa shape index (κ2) is 4.14. The lowest BCUT2D eigenvalue weighted by Gasteiger charge is -2.03. The predicted molar refractivity (Wildman–Crippen MR) is 61.8 cm³/mol. The molecular formula is C11H11ClN2O2. The molecule has 0 aliphatic carbocycles. The van der Waals surface area contributed by atoms with E-state index in [0.29, 0.717) is 17.5 Å². The zero-order valence-corrected chi connectivity index (χ0v) is 9.76. The third kappa shape index (κ3) is 1.88. The fourth-order valence-electron chi connectivity index (χ4n) is 1.59. The van der Waals surface area contributed by atoms with Gasteiger partial charge in [0.1, 0.15) is 0 Å². The van der Waals surface area contributed by atoms with Crippen LogP contribution in [0.5, 0.6) is 0 Å². The molecule has 1 heterocycles. The first kappa shape index (κ1) is 11.0. The molecule has 4 nitrogen and oxygen atoms in total. The van der Waals surface area contributed by atoms with Crippen LogP contribution in [0.4, 0.5) is 0 Å². The lowest BCUT2D eigenvalue weighted by Crippen LogP contribution is -2.04. The van der Waals surface area contributed by atoms with Crippen LogP contribution in [0.3, 0.4) is 0 Å². The number of halogens is 1. The van der Waals surface area contributed by atoms with Gasteiger partial charge >= 0.3 is 5.97 Å². The number of aromatic nitrogens is 2. The number of H-pyrrole nitrogens is 1. The number of aryl methyl sites for hydroxylation is 1. The summed E-state index contributed by atoms with van der Waals surface area (Å²) in [6, 6.07) is 3.44. The van der Waals surface area contributed by atoms with Crippen LogP contribution in [0.15, 0.2) is 12.1 Å². The number of imidazole rings is 1. The Hall–Kier alpha value is -1.55. The zero-order chi connectivity index (χ0) is 11.7. The molecule has 0 fully saturated rings. The number of hydrogen-bond donors (Lipinski definition) is 1. The first-order chi connectivity index (χ1) is 7.61. The van der Waals surface area contributed by atoms with Gasteiger partial charge in [-0.1, -0.05) is 0 Å². The van der Waals surface area contributed by atoms with E-state index in [0.717, 1.165) is 16.6 Å². The van der Waals surface area contributed by atoms with Gasteiger partial charge in [-0.3, -0.25) is 0 Å². The summed E-state index contributed by atoms with van der Waals surface area (Å²) in [4.78, 5) is 18.6. The molecule has 0 aliphatic heterocycles. The molecule has 84 valence electrons. The van der Waals surface area contributed by atoms with Crippen LogP contribution in [0.25, 0.3) is 11.0 Å². The summed E-state index contributed by atoms with van der Waals surface area (Å²) in [5.74, 6) is -0.335. The minimum atomic E-state index is -0.335. The molecule has 0 aliphatic rings. The molecule has 0 spiro atoms. The summed E-state index contributed by atoms with van der Waals surface area (Å²) in [5.41, 5.74) is 2.92. The van der Waals surface area contributed by atoms with Crippen LogP contribution < -0.4 is 0 Å². The second-order valence-corrected chi connectivity index (χ2v) is 3.80. The number of carbonyl (C=O) groups is 1. The fraction of sp³-hybridized carbons (Fsp3) is 0.273. The minimum Gasteiger partial charge on any atom is -0.462 e. The van der Waals surface area contributed by atoms with Crippen LogP contribution in [-0.4, -0.2) is 22.5 Å². The maximum atomic E-state index is 11.6. The number of ether oxygens (including phenoxy) is 1. The molecule has 16 heavy (non-hydrogen) atoms. The van der Waals surface area contributed by atoms with Gasteiger partial charge in [0.05, 0.1) is 23.2 Å². The van der Waals surface area contributed by atoms with Crippen molar-refractivity contribution in [3.05, 3.63) is 28.5 Å². The molecule has 0 saturated heterocycles. The standard InChI is InChI=1S/C11H11ClN2O2/c1-3-16-10(15)7-4-6(2)9-8(5-7)13-11(12)14-9/h4-5H,3H2,1-2H3,(H,13,14). The van der Waals surface area contributed by atoms with Crippen molar-refractivity contribution in [2.45, 2.75) is 13.8 Å². The summed E-state index contributed by atoms with van der Waals surface area (Å²) in [6.07, 6.45) is 0. The predicted octanol–water partition coefficient (Wildman–Crippen LogP) is 2.70. The highest BCUT2D eigenvalue weighted by Crippen LogP contribution is 2.20. The van der Waals surface area contributed by atoms with Gasteiger partial charge in [0, 0.05) is 0 Å². The van der Waals surface area contributed by atoms with E-state index in [-0.39, 0.29) is 5.97 Å². The zero-order valence-electron chi connectivity index (χ0n) is 9.00. The third-order valence-corrected chi connectivity index (χ3v) is 2.44. The Morgan fingerprint density at radius 2 is 2.31 bits per heavy atom. The van der Waals surface area contributed by atoms with Gasteiger partial charge in [-0.05, 0) is 43.1 Å². The van der Waals surface area contributed by atoms with Crippen molar-refractivity contribution in [2.24, 2.45) is 0 Å². The maximum absolute atomic E-state index is 11.6. The number of esters is 1. The number of carbonyl (C=O) groups excluding carboxylic acids is 1. The molecule has 2 aromatic rings. The van der Waals surface area contributed by atoms with E-state index in [1.165, 1.54) is 0 Å². The Bertz CT molecular complexity index is 548. The van der Waals surface area contributed by atoms with Crippen LogP contribution in [0.2, 0.25) is 5.28 Å².